The highest BCUT2D eigenvalue weighted by Gasteiger charge is 2.04. The molecule has 0 fully saturated rings. The van der Waals surface area contributed by atoms with Crippen molar-refractivity contribution < 1.29 is 14.7 Å². The van der Waals surface area contributed by atoms with Crippen molar-refractivity contribution in [2.24, 2.45) is 0 Å². The molecule has 0 atom stereocenters. The van der Waals surface area contributed by atoms with E-state index in [2.05, 4.69) is 10.6 Å². The molecule has 92 valence electrons. The van der Waals surface area contributed by atoms with Crippen LogP contribution in [0.25, 0.3) is 0 Å². The summed E-state index contributed by atoms with van der Waals surface area (Å²) in [5.41, 5.74) is 2.21. The van der Waals surface area contributed by atoms with Gasteiger partial charge < -0.3 is 15.7 Å². The second-order valence-corrected chi connectivity index (χ2v) is 3.55. The number of urea groups is 1. The summed E-state index contributed by atoms with van der Waals surface area (Å²) < 4.78 is 0. The molecule has 1 aromatic carbocycles. The van der Waals surface area contributed by atoms with Gasteiger partial charge in [-0.2, -0.15) is 0 Å². The molecule has 0 heterocycles. The van der Waals surface area contributed by atoms with E-state index in [1.807, 2.05) is 31.2 Å². The van der Waals surface area contributed by atoms with Gasteiger partial charge in [0.2, 0.25) is 0 Å². The first kappa shape index (κ1) is 13.0. The number of carbonyl (C=O) groups is 2. The Balaban J connectivity index is 2.44. The van der Waals surface area contributed by atoms with Crippen LogP contribution >= 0.6 is 0 Å². The number of carboxylic acid groups (broad SMARTS) is 1. The molecule has 1 aromatic rings. The summed E-state index contributed by atoms with van der Waals surface area (Å²) in [6.45, 7) is 2.07. The monoisotopic (exact) mass is 236 g/mol. The van der Waals surface area contributed by atoms with Gasteiger partial charge in [-0.05, 0) is 17.5 Å². The Morgan fingerprint density at radius 1 is 1.18 bits per heavy atom. The van der Waals surface area contributed by atoms with E-state index >= 15 is 0 Å². The standard InChI is InChI=1S/C12H16N2O3/c1-2-9-5-3-4-6-10(9)7-13-12(17)14-8-11(15)16/h3-6H,2,7-8H2,1H3,(H,15,16)(H2,13,14,17). The quantitative estimate of drug-likeness (QED) is 0.717. The summed E-state index contributed by atoms with van der Waals surface area (Å²) >= 11 is 0. The summed E-state index contributed by atoms with van der Waals surface area (Å²) in [5.74, 6) is -1.06. The lowest BCUT2D eigenvalue weighted by molar-refractivity contribution is -0.135. The normalized spacial score (nSPS) is 9.71. The fraction of sp³-hybridized carbons (Fsp3) is 0.333. The van der Waals surface area contributed by atoms with Crippen LogP contribution < -0.4 is 10.6 Å². The Kier molecular flexibility index (Phi) is 5.00. The van der Waals surface area contributed by atoms with E-state index in [0.717, 1.165) is 12.0 Å². The average molecular weight is 236 g/mol. The Bertz CT molecular complexity index is 404. The number of hydrogen-bond donors (Lipinski definition) is 3. The lowest BCUT2D eigenvalue weighted by Crippen LogP contribution is -2.38. The number of amides is 2. The predicted molar refractivity (Wildman–Crippen MR) is 63.7 cm³/mol. The van der Waals surface area contributed by atoms with E-state index < -0.39 is 12.0 Å². The van der Waals surface area contributed by atoms with Crippen LogP contribution in [0.15, 0.2) is 24.3 Å². The van der Waals surface area contributed by atoms with Gasteiger partial charge in [0, 0.05) is 6.54 Å². The summed E-state index contributed by atoms with van der Waals surface area (Å²) in [6.07, 6.45) is 0.897. The van der Waals surface area contributed by atoms with Crippen LogP contribution in [-0.4, -0.2) is 23.7 Å². The average Bonchev–Trinajstić information content (AvgIpc) is 2.34. The van der Waals surface area contributed by atoms with Gasteiger partial charge in [-0.25, -0.2) is 4.79 Å². The maximum Gasteiger partial charge on any atom is 0.323 e. The first-order valence-corrected chi connectivity index (χ1v) is 5.43. The highest BCUT2D eigenvalue weighted by Crippen LogP contribution is 2.08. The molecule has 5 heteroatoms. The van der Waals surface area contributed by atoms with Crippen LogP contribution in [0.5, 0.6) is 0 Å². The molecular formula is C12H16N2O3. The molecule has 0 aliphatic heterocycles. The van der Waals surface area contributed by atoms with Crippen molar-refractivity contribution in [1.29, 1.82) is 0 Å². The SMILES string of the molecule is CCc1ccccc1CNC(=O)NCC(=O)O. The molecule has 0 aromatic heterocycles. The molecule has 0 saturated carbocycles. The lowest BCUT2D eigenvalue weighted by Gasteiger charge is -2.09. The topological polar surface area (TPSA) is 78.4 Å². The second kappa shape index (κ2) is 6.52. The van der Waals surface area contributed by atoms with E-state index in [1.165, 1.54) is 5.56 Å². The summed E-state index contributed by atoms with van der Waals surface area (Å²) in [6, 6.07) is 7.33. The van der Waals surface area contributed by atoms with Crippen LogP contribution in [0.1, 0.15) is 18.1 Å². The van der Waals surface area contributed by atoms with E-state index in [0.29, 0.717) is 6.54 Å². The Labute approximate surface area is 99.8 Å². The van der Waals surface area contributed by atoms with Crippen molar-refractivity contribution in [2.45, 2.75) is 19.9 Å². The van der Waals surface area contributed by atoms with E-state index in [-0.39, 0.29) is 6.54 Å². The minimum atomic E-state index is -1.06. The third-order valence-corrected chi connectivity index (χ3v) is 2.34. The van der Waals surface area contributed by atoms with Crippen molar-refractivity contribution in [1.82, 2.24) is 10.6 Å². The zero-order valence-electron chi connectivity index (χ0n) is 9.69. The van der Waals surface area contributed by atoms with E-state index in [9.17, 15) is 9.59 Å². The third kappa shape index (κ3) is 4.55. The first-order valence-electron chi connectivity index (χ1n) is 5.43. The van der Waals surface area contributed by atoms with Crippen LogP contribution in [0.4, 0.5) is 4.79 Å². The number of hydrogen-bond acceptors (Lipinski definition) is 2. The molecule has 0 aliphatic carbocycles. The first-order chi connectivity index (χ1) is 8.13. The van der Waals surface area contributed by atoms with Crippen LogP contribution in [0, 0.1) is 0 Å². The summed E-state index contributed by atoms with van der Waals surface area (Å²) in [4.78, 5) is 21.5. The smallest absolute Gasteiger partial charge is 0.323 e. The van der Waals surface area contributed by atoms with Gasteiger partial charge in [-0.15, -0.1) is 0 Å². The highest BCUT2D eigenvalue weighted by atomic mass is 16.4. The van der Waals surface area contributed by atoms with Crippen molar-refractivity contribution >= 4 is 12.0 Å². The highest BCUT2D eigenvalue weighted by molar-refractivity contribution is 5.79. The van der Waals surface area contributed by atoms with Gasteiger partial charge in [-0.3, -0.25) is 4.79 Å². The molecule has 0 bridgehead atoms. The Morgan fingerprint density at radius 3 is 2.41 bits per heavy atom. The second-order valence-electron chi connectivity index (χ2n) is 3.55. The van der Waals surface area contributed by atoms with Gasteiger partial charge in [0.05, 0.1) is 0 Å². The fourth-order valence-corrected chi connectivity index (χ4v) is 1.47. The van der Waals surface area contributed by atoms with Crippen molar-refractivity contribution in [3.63, 3.8) is 0 Å². The molecule has 1 rings (SSSR count). The Hall–Kier alpha value is -2.04. The summed E-state index contributed by atoms with van der Waals surface area (Å²) in [5, 5.41) is 13.2. The molecule has 3 N–H and O–H groups in total. The molecular weight excluding hydrogens is 220 g/mol. The largest absolute Gasteiger partial charge is 0.480 e. The van der Waals surface area contributed by atoms with Crippen molar-refractivity contribution in [3.05, 3.63) is 35.4 Å². The minimum Gasteiger partial charge on any atom is -0.480 e. The molecule has 2 amide bonds. The number of aryl methyl sites for hydroxylation is 1. The van der Waals surface area contributed by atoms with Gasteiger partial charge in [0.1, 0.15) is 6.54 Å². The molecule has 0 spiro atoms. The van der Waals surface area contributed by atoms with E-state index in [1.54, 1.807) is 0 Å². The minimum absolute atomic E-state index is 0.374. The molecule has 17 heavy (non-hydrogen) atoms. The maximum atomic E-state index is 11.2. The van der Waals surface area contributed by atoms with Crippen molar-refractivity contribution in [2.75, 3.05) is 6.54 Å². The summed E-state index contributed by atoms with van der Waals surface area (Å²) in [7, 11) is 0. The fourth-order valence-electron chi connectivity index (χ4n) is 1.47. The number of carbonyl (C=O) groups excluding carboxylic acids is 1. The zero-order valence-corrected chi connectivity index (χ0v) is 9.69. The number of nitrogens with one attached hydrogen (secondary N) is 2. The maximum absolute atomic E-state index is 11.2. The van der Waals surface area contributed by atoms with Crippen LogP contribution in [0.2, 0.25) is 0 Å². The lowest BCUT2D eigenvalue weighted by atomic mass is 10.1. The van der Waals surface area contributed by atoms with Gasteiger partial charge in [-0.1, -0.05) is 31.2 Å². The Morgan fingerprint density at radius 2 is 1.82 bits per heavy atom. The number of rotatable bonds is 5. The molecule has 0 aliphatic rings. The van der Waals surface area contributed by atoms with Gasteiger partial charge >= 0.3 is 12.0 Å². The third-order valence-electron chi connectivity index (χ3n) is 2.34. The molecule has 0 radical (unpaired) electrons. The van der Waals surface area contributed by atoms with Crippen molar-refractivity contribution in [3.8, 4) is 0 Å². The van der Waals surface area contributed by atoms with Gasteiger partial charge in [0.25, 0.3) is 0 Å². The van der Waals surface area contributed by atoms with Crippen LogP contribution in [0.3, 0.4) is 0 Å². The zero-order chi connectivity index (χ0) is 12.7. The predicted octanol–water partition coefficient (Wildman–Crippen LogP) is 1.13. The molecule has 0 unspecified atom stereocenters. The van der Waals surface area contributed by atoms with Crippen LogP contribution in [-0.2, 0) is 17.8 Å². The number of carboxylic acids is 1. The molecule has 0 saturated heterocycles. The molecule has 5 nitrogen and oxygen atoms in total. The number of aliphatic carboxylic acids is 1. The van der Waals surface area contributed by atoms with E-state index in [4.69, 9.17) is 5.11 Å². The number of benzene rings is 1. The van der Waals surface area contributed by atoms with Gasteiger partial charge in [0.15, 0.2) is 0 Å².